The van der Waals surface area contributed by atoms with Crippen LogP contribution in [0.4, 0.5) is 0 Å². The Morgan fingerprint density at radius 2 is 1.68 bits per heavy atom. The van der Waals surface area contributed by atoms with Crippen molar-refractivity contribution in [1.82, 2.24) is 0 Å². The highest BCUT2D eigenvalue weighted by Crippen LogP contribution is 2.43. The number of carboxylic acids is 2. The average molecular weight is 495 g/mol. The van der Waals surface area contributed by atoms with Gasteiger partial charge < -0.3 is 38.7 Å². The first kappa shape index (κ1) is 17.4. The second-order valence-corrected chi connectivity index (χ2v) is 6.47. The third kappa shape index (κ3) is 2.87. The van der Waals surface area contributed by atoms with E-state index in [-0.39, 0.29) is 43.0 Å². The van der Waals surface area contributed by atoms with Crippen molar-refractivity contribution in [2.45, 2.75) is 31.7 Å². The maximum absolute atomic E-state index is 11.5. The lowest BCUT2D eigenvalue weighted by molar-refractivity contribution is -0.942. The number of piperidine rings is 1. The first-order chi connectivity index (χ1) is 8.47. The van der Waals surface area contributed by atoms with E-state index in [0.29, 0.717) is 4.48 Å². The molecule has 5 nitrogen and oxygen atoms in total. The Labute approximate surface area is 143 Å². The third-order valence-corrected chi connectivity index (χ3v) is 5.66. The van der Waals surface area contributed by atoms with Gasteiger partial charge in [-0.25, -0.2) is 0 Å². The van der Waals surface area contributed by atoms with Crippen molar-refractivity contribution in [3.8, 4) is 0 Å². The molecule has 2 rings (SSSR count). The summed E-state index contributed by atoms with van der Waals surface area (Å²) < 4.78 is 1.54. The maximum Gasteiger partial charge on any atom is 0.327 e. The summed E-state index contributed by atoms with van der Waals surface area (Å²) in [7, 11) is 0. The fraction of sp³-hybridized carbons (Fsp3) is 0.833. The first-order valence-electron chi connectivity index (χ1n) is 6.35. The lowest BCUT2D eigenvalue weighted by Crippen LogP contribution is -3.00. The van der Waals surface area contributed by atoms with Gasteiger partial charge in [-0.2, -0.15) is 0 Å². The van der Waals surface area contributed by atoms with Gasteiger partial charge in [-0.05, 0) is 19.3 Å². The van der Waals surface area contributed by atoms with Crippen molar-refractivity contribution in [1.29, 1.82) is 0 Å². The Morgan fingerprint density at radius 1 is 1.16 bits per heavy atom. The Kier molecular flexibility index (Phi) is 5.88. The van der Waals surface area contributed by atoms with E-state index in [2.05, 4.69) is 22.6 Å². The molecule has 0 saturated carbocycles. The SMILES string of the molecule is O=C(O)C1(C(=O)O)CC(CI)[N+]2(CCCCC2)C1.[I-]. The quantitative estimate of drug-likeness (QED) is 0.213. The highest BCUT2D eigenvalue weighted by molar-refractivity contribution is 14.1. The second-order valence-electron chi connectivity index (χ2n) is 5.59. The van der Waals surface area contributed by atoms with E-state index in [1.807, 2.05) is 0 Å². The topological polar surface area (TPSA) is 74.6 Å². The highest BCUT2D eigenvalue weighted by atomic mass is 127. The van der Waals surface area contributed by atoms with Gasteiger partial charge in [-0.15, -0.1) is 0 Å². The zero-order valence-electron chi connectivity index (χ0n) is 10.6. The molecule has 0 amide bonds. The minimum atomic E-state index is -1.56. The molecule has 2 aliphatic heterocycles. The molecule has 2 heterocycles. The van der Waals surface area contributed by atoms with Crippen LogP contribution in [0.15, 0.2) is 0 Å². The van der Waals surface area contributed by atoms with Crippen LogP contribution in [0.1, 0.15) is 25.7 Å². The number of carbonyl (C=O) groups is 2. The lowest BCUT2D eigenvalue weighted by Gasteiger charge is -2.42. The van der Waals surface area contributed by atoms with Crippen LogP contribution >= 0.6 is 22.6 Å². The van der Waals surface area contributed by atoms with E-state index < -0.39 is 17.4 Å². The summed E-state index contributed by atoms with van der Waals surface area (Å²) in [6, 6.07) is 0.179. The van der Waals surface area contributed by atoms with Gasteiger partial charge in [0.15, 0.2) is 0 Å². The Hall–Kier alpha value is 0.360. The predicted molar refractivity (Wildman–Crippen MR) is 73.7 cm³/mol. The molecule has 0 radical (unpaired) electrons. The number of hydrogen-bond donors (Lipinski definition) is 2. The zero-order chi connectivity index (χ0) is 13.4. The molecule has 2 saturated heterocycles. The molecule has 0 aromatic rings. The van der Waals surface area contributed by atoms with Crippen LogP contribution in [0, 0.1) is 5.41 Å². The van der Waals surface area contributed by atoms with Crippen molar-refractivity contribution < 1.29 is 48.3 Å². The molecule has 0 aromatic heterocycles. The first-order valence-corrected chi connectivity index (χ1v) is 7.88. The number of nitrogens with zero attached hydrogens (tertiary/aromatic N) is 1. The summed E-state index contributed by atoms with van der Waals surface area (Å²) in [5.74, 6) is -2.32. The summed E-state index contributed by atoms with van der Waals surface area (Å²) >= 11 is 2.26. The van der Waals surface area contributed by atoms with Crippen LogP contribution < -0.4 is 24.0 Å². The van der Waals surface area contributed by atoms with E-state index in [9.17, 15) is 19.8 Å². The van der Waals surface area contributed by atoms with E-state index >= 15 is 0 Å². The minimum Gasteiger partial charge on any atom is -1.00 e. The number of aliphatic carboxylic acids is 2. The fourth-order valence-electron chi connectivity index (χ4n) is 3.59. The summed E-state index contributed by atoms with van der Waals surface area (Å²) in [6.45, 7) is 2.15. The predicted octanol–water partition coefficient (Wildman–Crippen LogP) is -1.65. The number of carboxylic acid groups (broad SMARTS) is 2. The maximum atomic E-state index is 11.5. The van der Waals surface area contributed by atoms with Crippen LogP contribution in [-0.4, -0.2) is 56.7 Å². The Balaban J connectivity index is 0.00000180. The summed E-state index contributed by atoms with van der Waals surface area (Å²) in [4.78, 5) is 22.9. The number of rotatable bonds is 3. The second kappa shape index (κ2) is 6.42. The van der Waals surface area contributed by atoms with E-state index in [0.717, 1.165) is 30.4 Å². The molecule has 2 aliphatic rings. The molecule has 1 unspecified atom stereocenters. The van der Waals surface area contributed by atoms with Gasteiger partial charge >= 0.3 is 11.9 Å². The average Bonchev–Trinajstić information content (AvgIpc) is 2.66. The van der Waals surface area contributed by atoms with E-state index in [1.54, 1.807) is 0 Å². The molecule has 7 heteroatoms. The van der Waals surface area contributed by atoms with Gasteiger partial charge in [0, 0.05) is 6.42 Å². The normalized spacial score (nSPS) is 27.7. The smallest absolute Gasteiger partial charge is 0.327 e. The minimum absolute atomic E-state index is 0. The van der Waals surface area contributed by atoms with Crippen molar-refractivity contribution in [2.75, 3.05) is 24.1 Å². The summed E-state index contributed by atoms with van der Waals surface area (Å²) in [5, 5.41) is 18.7. The van der Waals surface area contributed by atoms with Gasteiger partial charge in [0.25, 0.3) is 0 Å². The van der Waals surface area contributed by atoms with Crippen molar-refractivity contribution in [3.63, 3.8) is 0 Å². The number of halogens is 2. The van der Waals surface area contributed by atoms with Gasteiger partial charge in [-0.1, -0.05) is 22.6 Å². The lowest BCUT2D eigenvalue weighted by atomic mass is 9.86. The van der Waals surface area contributed by atoms with Crippen LogP contribution in [-0.2, 0) is 9.59 Å². The number of alkyl halides is 1. The number of quaternary nitrogens is 1. The third-order valence-electron chi connectivity index (χ3n) is 4.65. The van der Waals surface area contributed by atoms with Crippen molar-refractivity contribution in [2.24, 2.45) is 5.41 Å². The Bertz CT molecular complexity index is 355. The molecule has 19 heavy (non-hydrogen) atoms. The number of hydrogen-bond acceptors (Lipinski definition) is 2. The molecule has 1 spiro atoms. The van der Waals surface area contributed by atoms with Crippen molar-refractivity contribution >= 4 is 34.5 Å². The molecular weight excluding hydrogens is 476 g/mol. The molecular formula is C12H19I2NO4. The van der Waals surface area contributed by atoms with Gasteiger partial charge in [0.05, 0.1) is 17.5 Å². The molecule has 0 bridgehead atoms. The summed E-state index contributed by atoms with van der Waals surface area (Å²) in [5.41, 5.74) is -1.56. The van der Waals surface area contributed by atoms with Crippen molar-refractivity contribution in [3.05, 3.63) is 0 Å². The van der Waals surface area contributed by atoms with E-state index in [4.69, 9.17) is 0 Å². The fourth-order valence-corrected chi connectivity index (χ4v) is 4.74. The molecule has 1 atom stereocenters. The van der Waals surface area contributed by atoms with E-state index in [1.165, 1.54) is 6.42 Å². The molecule has 110 valence electrons. The Morgan fingerprint density at radius 3 is 2.11 bits per heavy atom. The van der Waals surface area contributed by atoms with Gasteiger partial charge in [0.1, 0.15) is 12.6 Å². The molecule has 0 aromatic carbocycles. The summed E-state index contributed by atoms with van der Waals surface area (Å²) in [6.07, 6.45) is 3.63. The van der Waals surface area contributed by atoms with Gasteiger partial charge in [0.2, 0.25) is 5.41 Å². The van der Waals surface area contributed by atoms with Gasteiger partial charge in [-0.3, -0.25) is 9.59 Å². The molecule has 2 N–H and O–H groups in total. The largest absolute Gasteiger partial charge is 1.00 e. The monoisotopic (exact) mass is 495 g/mol. The van der Waals surface area contributed by atoms with Crippen LogP contribution in [0.2, 0.25) is 0 Å². The molecule has 2 fully saturated rings. The van der Waals surface area contributed by atoms with Crippen LogP contribution in [0.3, 0.4) is 0 Å². The van der Waals surface area contributed by atoms with Crippen LogP contribution in [0.5, 0.6) is 0 Å². The molecule has 0 aliphatic carbocycles. The zero-order valence-corrected chi connectivity index (χ0v) is 15.0. The highest BCUT2D eigenvalue weighted by Gasteiger charge is 2.63. The standard InChI is InChI=1S/C12H18INO4.HI/c13-7-9-6-12(10(15)16,11(17)18)8-14(9)4-2-1-3-5-14;/h9H,1-8H2,(H-,15,16,17,18);1H. The van der Waals surface area contributed by atoms with Crippen LogP contribution in [0.25, 0.3) is 0 Å².